The molecule has 0 aliphatic carbocycles. The minimum absolute atomic E-state index is 0.672. The molecule has 0 bridgehead atoms. The summed E-state index contributed by atoms with van der Waals surface area (Å²) in [5.41, 5.74) is 1.66. The molecular formula is C9H9BrO2. The van der Waals surface area contributed by atoms with Gasteiger partial charge < -0.3 is 4.74 Å². The first-order chi connectivity index (χ1) is 5.81. The van der Waals surface area contributed by atoms with E-state index in [1.807, 2.05) is 0 Å². The van der Waals surface area contributed by atoms with Crippen LogP contribution in [0.2, 0.25) is 0 Å². The van der Waals surface area contributed by atoms with Crippen molar-refractivity contribution in [2.45, 2.75) is 5.33 Å². The number of methoxy groups -OCH3 is 1. The zero-order chi connectivity index (χ0) is 8.97. The van der Waals surface area contributed by atoms with Gasteiger partial charge in [-0.3, -0.25) is 4.79 Å². The molecule has 0 aromatic heterocycles. The van der Waals surface area contributed by atoms with E-state index in [2.05, 4.69) is 15.9 Å². The summed E-state index contributed by atoms with van der Waals surface area (Å²) in [6.45, 7) is 0. The normalized spacial score (nSPS) is 9.50. The molecule has 0 unspecified atom stereocenters. The second kappa shape index (κ2) is 4.26. The van der Waals surface area contributed by atoms with E-state index in [-0.39, 0.29) is 0 Å². The van der Waals surface area contributed by atoms with Crippen LogP contribution in [-0.4, -0.2) is 13.4 Å². The van der Waals surface area contributed by atoms with Gasteiger partial charge in [0.1, 0.15) is 12.0 Å². The molecule has 0 fully saturated rings. The van der Waals surface area contributed by atoms with Gasteiger partial charge in [-0.1, -0.05) is 15.9 Å². The Morgan fingerprint density at radius 3 is 2.83 bits per heavy atom. The number of carbonyl (C=O) groups excluding carboxylic acids is 1. The van der Waals surface area contributed by atoms with E-state index in [9.17, 15) is 4.79 Å². The highest BCUT2D eigenvalue weighted by Gasteiger charge is 2.01. The summed E-state index contributed by atoms with van der Waals surface area (Å²) in [5.74, 6) is 0.803. The number of ether oxygens (including phenoxy) is 1. The molecule has 12 heavy (non-hydrogen) atoms. The Kier molecular flexibility index (Phi) is 3.29. The highest BCUT2D eigenvalue weighted by molar-refractivity contribution is 9.08. The average molecular weight is 229 g/mol. The van der Waals surface area contributed by atoms with E-state index in [1.165, 1.54) is 0 Å². The first-order valence-electron chi connectivity index (χ1n) is 3.50. The highest BCUT2D eigenvalue weighted by Crippen LogP contribution is 2.21. The number of carbonyl (C=O) groups is 1. The molecule has 3 heteroatoms. The molecule has 1 aromatic carbocycles. The van der Waals surface area contributed by atoms with Crippen LogP contribution >= 0.6 is 15.9 Å². The van der Waals surface area contributed by atoms with Crippen molar-refractivity contribution in [1.29, 1.82) is 0 Å². The van der Waals surface area contributed by atoms with Gasteiger partial charge in [-0.25, -0.2) is 0 Å². The first-order valence-corrected chi connectivity index (χ1v) is 4.62. The Bertz CT molecular complexity index is 284. The third-order valence-corrected chi connectivity index (χ3v) is 2.19. The maximum absolute atomic E-state index is 10.4. The summed E-state index contributed by atoms with van der Waals surface area (Å²) in [6, 6.07) is 5.33. The number of rotatable bonds is 3. The highest BCUT2D eigenvalue weighted by atomic mass is 79.9. The lowest BCUT2D eigenvalue weighted by molar-refractivity contribution is 0.112. The van der Waals surface area contributed by atoms with Gasteiger partial charge in [0.05, 0.1) is 7.11 Å². The predicted octanol–water partition coefficient (Wildman–Crippen LogP) is 2.40. The van der Waals surface area contributed by atoms with Gasteiger partial charge >= 0.3 is 0 Å². The summed E-state index contributed by atoms with van der Waals surface area (Å²) in [6.07, 6.45) is 0.825. The summed E-state index contributed by atoms with van der Waals surface area (Å²) in [7, 11) is 1.61. The van der Waals surface area contributed by atoms with Crippen LogP contribution in [0.4, 0.5) is 0 Å². The Morgan fingerprint density at radius 2 is 2.33 bits per heavy atom. The van der Waals surface area contributed by atoms with Gasteiger partial charge in [0.15, 0.2) is 0 Å². The molecule has 1 aromatic rings. The fourth-order valence-electron chi connectivity index (χ4n) is 0.976. The van der Waals surface area contributed by atoms with Crippen LogP contribution in [0.15, 0.2) is 18.2 Å². The van der Waals surface area contributed by atoms with E-state index < -0.39 is 0 Å². The molecule has 0 radical (unpaired) electrons. The molecule has 64 valence electrons. The van der Waals surface area contributed by atoms with Gasteiger partial charge in [-0.05, 0) is 18.2 Å². The number of alkyl halides is 1. The zero-order valence-corrected chi connectivity index (χ0v) is 8.30. The lowest BCUT2D eigenvalue weighted by Gasteiger charge is -2.05. The van der Waals surface area contributed by atoms with Gasteiger partial charge in [-0.2, -0.15) is 0 Å². The summed E-state index contributed by atoms with van der Waals surface area (Å²) in [5, 5.41) is 0.692. The van der Waals surface area contributed by atoms with Crippen LogP contribution in [0.5, 0.6) is 5.75 Å². The maximum atomic E-state index is 10.4. The van der Waals surface area contributed by atoms with Crippen molar-refractivity contribution in [2.75, 3.05) is 7.11 Å². The van der Waals surface area contributed by atoms with Gasteiger partial charge in [0, 0.05) is 16.5 Å². The van der Waals surface area contributed by atoms with E-state index in [0.29, 0.717) is 10.9 Å². The Morgan fingerprint density at radius 1 is 1.58 bits per heavy atom. The van der Waals surface area contributed by atoms with Crippen LogP contribution in [0.1, 0.15) is 15.9 Å². The molecule has 0 N–H and O–H groups in total. The van der Waals surface area contributed by atoms with Crippen LogP contribution < -0.4 is 4.74 Å². The third-order valence-electron chi connectivity index (χ3n) is 1.58. The largest absolute Gasteiger partial charge is 0.496 e. The van der Waals surface area contributed by atoms with E-state index in [1.54, 1.807) is 25.3 Å². The quantitative estimate of drug-likeness (QED) is 0.587. The average Bonchev–Trinajstić information content (AvgIpc) is 2.16. The zero-order valence-electron chi connectivity index (χ0n) is 6.71. The minimum Gasteiger partial charge on any atom is -0.496 e. The Hall–Kier alpha value is -0.830. The standard InChI is InChI=1S/C9H9BrO2/c1-12-9-3-2-7(6-11)4-8(9)5-10/h2-4,6H,5H2,1H3. The molecule has 0 atom stereocenters. The molecule has 2 nitrogen and oxygen atoms in total. The monoisotopic (exact) mass is 228 g/mol. The first kappa shape index (κ1) is 9.26. The Labute approximate surface area is 79.7 Å². The second-order valence-electron chi connectivity index (χ2n) is 2.32. The van der Waals surface area contributed by atoms with Gasteiger partial charge in [0.25, 0.3) is 0 Å². The van der Waals surface area contributed by atoms with Crippen molar-refractivity contribution in [2.24, 2.45) is 0 Å². The van der Waals surface area contributed by atoms with Crippen LogP contribution in [-0.2, 0) is 5.33 Å². The van der Waals surface area contributed by atoms with Crippen LogP contribution in [0, 0.1) is 0 Å². The molecule has 0 aliphatic rings. The van der Waals surface area contributed by atoms with Crippen molar-refractivity contribution in [1.82, 2.24) is 0 Å². The summed E-state index contributed by atoms with van der Waals surface area (Å²) in [4.78, 5) is 10.4. The molecule has 0 saturated heterocycles. The number of benzene rings is 1. The Balaban J connectivity index is 3.10. The SMILES string of the molecule is COc1ccc(C=O)cc1CBr. The lowest BCUT2D eigenvalue weighted by atomic mass is 10.1. The molecule has 1 rings (SSSR count). The maximum Gasteiger partial charge on any atom is 0.150 e. The number of hydrogen-bond acceptors (Lipinski definition) is 2. The fourth-order valence-corrected chi connectivity index (χ4v) is 1.41. The molecule has 0 aliphatic heterocycles. The predicted molar refractivity (Wildman–Crippen MR) is 51.0 cm³/mol. The van der Waals surface area contributed by atoms with Gasteiger partial charge in [-0.15, -0.1) is 0 Å². The number of halogens is 1. The smallest absolute Gasteiger partial charge is 0.150 e. The lowest BCUT2D eigenvalue weighted by Crippen LogP contribution is -1.90. The minimum atomic E-state index is 0.672. The molecule has 0 amide bonds. The summed E-state index contributed by atoms with van der Waals surface area (Å²) >= 11 is 3.32. The molecule has 0 heterocycles. The van der Waals surface area contributed by atoms with Crippen molar-refractivity contribution in [3.63, 3.8) is 0 Å². The van der Waals surface area contributed by atoms with Crippen molar-refractivity contribution >= 4 is 22.2 Å². The van der Waals surface area contributed by atoms with E-state index in [0.717, 1.165) is 17.6 Å². The third kappa shape index (κ3) is 1.85. The van der Waals surface area contributed by atoms with E-state index >= 15 is 0 Å². The second-order valence-corrected chi connectivity index (χ2v) is 2.88. The topological polar surface area (TPSA) is 26.3 Å². The fraction of sp³-hybridized carbons (Fsp3) is 0.222. The molecule has 0 saturated carbocycles. The van der Waals surface area contributed by atoms with Crippen LogP contribution in [0.3, 0.4) is 0 Å². The molecular weight excluding hydrogens is 220 g/mol. The van der Waals surface area contributed by atoms with Crippen molar-refractivity contribution in [3.8, 4) is 5.75 Å². The van der Waals surface area contributed by atoms with Crippen molar-refractivity contribution < 1.29 is 9.53 Å². The van der Waals surface area contributed by atoms with Crippen molar-refractivity contribution in [3.05, 3.63) is 29.3 Å². The van der Waals surface area contributed by atoms with Gasteiger partial charge in [0.2, 0.25) is 0 Å². The van der Waals surface area contributed by atoms with E-state index in [4.69, 9.17) is 4.74 Å². The molecule has 0 spiro atoms. The number of aldehydes is 1. The number of hydrogen-bond donors (Lipinski definition) is 0. The van der Waals surface area contributed by atoms with Crippen LogP contribution in [0.25, 0.3) is 0 Å². The summed E-state index contributed by atoms with van der Waals surface area (Å²) < 4.78 is 5.09.